The Bertz CT molecular complexity index is 585. The SMILES string of the molecule is CCCCCn1cc(-c2ccc(N)cc2)cc1C(=O)O. The molecule has 0 bridgehead atoms. The van der Waals surface area contributed by atoms with Crippen LogP contribution in [0.15, 0.2) is 36.5 Å². The Kier molecular flexibility index (Phi) is 4.45. The van der Waals surface area contributed by atoms with Crippen LogP contribution in [0.4, 0.5) is 5.69 Å². The number of hydrogen-bond donors (Lipinski definition) is 2. The minimum atomic E-state index is -0.886. The Balaban J connectivity index is 2.28. The van der Waals surface area contributed by atoms with E-state index in [1.807, 2.05) is 35.0 Å². The van der Waals surface area contributed by atoms with Crippen molar-refractivity contribution in [2.75, 3.05) is 5.73 Å². The molecule has 0 unspecified atom stereocenters. The van der Waals surface area contributed by atoms with E-state index in [9.17, 15) is 9.90 Å². The number of carboxylic acids is 1. The monoisotopic (exact) mass is 272 g/mol. The zero-order chi connectivity index (χ0) is 14.5. The number of carbonyl (C=O) groups is 1. The summed E-state index contributed by atoms with van der Waals surface area (Å²) < 4.78 is 1.82. The van der Waals surface area contributed by atoms with E-state index < -0.39 is 5.97 Å². The Labute approximate surface area is 118 Å². The van der Waals surface area contributed by atoms with E-state index in [4.69, 9.17) is 5.73 Å². The Hall–Kier alpha value is -2.23. The van der Waals surface area contributed by atoms with Crippen LogP contribution in [0.1, 0.15) is 36.7 Å². The largest absolute Gasteiger partial charge is 0.477 e. The molecule has 2 rings (SSSR count). The van der Waals surface area contributed by atoms with Crippen molar-refractivity contribution in [1.82, 2.24) is 4.57 Å². The Morgan fingerprint density at radius 2 is 1.90 bits per heavy atom. The van der Waals surface area contributed by atoms with Crippen LogP contribution in [-0.4, -0.2) is 15.6 Å². The van der Waals surface area contributed by atoms with Gasteiger partial charge in [0, 0.05) is 24.0 Å². The highest BCUT2D eigenvalue weighted by Gasteiger charge is 2.13. The molecule has 0 fully saturated rings. The van der Waals surface area contributed by atoms with Crippen LogP contribution < -0.4 is 5.73 Å². The molecular weight excluding hydrogens is 252 g/mol. The average Bonchev–Trinajstić information content (AvgIpc) is 2.84. The number of rotatable bonds is 6. The highest BCUT2D eigenvalue weighted by molar-refractivity contribution is 5.88. The molecule has 2 aromatic rings. The highest BCUT2D eigenvalue weighted by Crippen LogP contribution is 2.24. The van der Waals surface area contributed by atoms with E-state index in [0.29, 0.717) is 11.4 Å². The number of aryl methyl sites for hydroxylation is 1. The van der Waals surface area contributed by atoms with Crippen molar-refractivity contribution in [3.63, 3.8) is 0 Å². The van der Waals surface area contributed by atoms with Crippen LogP contribution in [0.25, 0.3) is 11.1 Å². The molecule has 4 heteroatoms. The van der Waals surface area contributed by atoms with Crippen molar-refractivity contribution in [2.24, 2.45) is 0 Å². The molecule has 0 amide bonds. The number of nitrogens with zero attached hydrogens (tertiary/aromatic N) is 1. The minimum Gasteiger partial charge on any atom is -0.477 e. The molecule has 1 aromatic carbocycles. The maximum absolute atomic E-state index is 11.3. The molecule has 3 N–H and O–H groups in total. The van der Waals surface area contributed by atoms with Gasteiger partial charge in [-0.1, -0.05) is 31.9 Å². The van der Waals surface area contributed by atoms with Gasteiger partial charge in [0.15, 0.2) is 0 Å². The third-order valence-electron chi connectivity index (χ3n) is 3.36. The predicted molar refractivity (Wildman–Crippen MR) is 80.8 cm³/mol. The van der Waals surface area contributed by atoms with Crippen molar-refractivity contribution in [3.05, 3.63) is 42.2 Å². The normalized spacial score (nSPS) is 10.7. The van der Waals surface area contributed by atoms with E-state index in [1.54, 1.807) is 6.07 Å². The molecule has 0 aliphatic rings. The molecule has 0 atom stereocenters. The molecule has 0 saturated carbocycles. The van der Waals surface area contributed by atoms with Gasteiger partial charge in [0.2, 0.25) is 0 Å². The van der Waals surface area contributed by atoms with Gasteiger partial charge in [-0.05, 0) is 30.2 Å². The first kappa shape index (κ1) is 14.2. The molecule has 1 heterocycles. The van der Waals surface area contributed by atoms with E-state index in [0.717, 1.165) is 36.9 Å². The van der Waals surface area contributed by atoms with E-state index in [1.165, 1.54) is 0 Å². The second kappa shape index (κ2) is 6.28. The summed E-state index contributed by atoms with van der Waals surface area (Å²) in [4.78, 5) is 11.3. The summed E-state index contributed by atoms with van der Waals surface area (Å²) in [6.07, 6.45) is 5.13. The molecule has 0 spiro atoms. The van der Waals surface area contributed by atoms with Gasteiger partial charge >= 0.3 is 5.97 Å². The van der Waals surface area contributed by atoms with Crippen molar-refractivity contribution in [3.8, 4) is 11.1 Å². The quantitative estimate of drug-likeness (QED) is 0.623. The third-order valence-corrected chi connectivity index (χ3v) is 3.36. The summed E-state index contributed by atoms with van der Waals surface area (Å²) in [7, 11) is 0. The molecule has 0 saturated heterocycles. The smallest absolute Gasteiger partial charge is 0.352 e. The van der Waals surface area contributed by atoms with Gasteiger partial charge in [-0.3, -0.25) is 0 Å². The summed E-state index contributed by atoms with van der Waals surface area (Å²) in [6, 6.07) is 9.19. The van der Waals surface area contributed by atoms with Gasteiger partial charge in [0.25, 0.3) is 0 Å². The van der Waals surface area contributed by atoms with Crippen LogP contribution in [0.5, 0.6) is 0 Å². The number of hydrogen-bond acceptors (Lipinski definition) is 2. The lowest BCUT2D eigenvalue weighted by Crippen LogP contribution is -2.07. The molecule has 0 radical (unpaired) electrons. The number of anilines is 1. The summed E-state index contributed by atoms with van der Waals surface area (Å²) in [5, 5.41) is 9.29. The molecule has 0 aliphatic carbocycles. The zero-order valence-electron chi connectivity index (χ0n) is 11.7. The van der Waals surface area contributed by atoms with Crippen molar-refractivity contribution in [2.45, 2.75) is 32.7 Å². The first-order valence-electron chi connectivity index (χ1n) is 6.91. The first-order valence-corrected chi connectivity index (χ1v) is 6.91. The predicted octanol–water partition coefficient (Wildman–Crippen LogP) is 3.63. The fourth-order valence-electron chi connectivity index (χ4n) is 2.24. The number of nitrogens with two attached hydrogens (primary N) is 1. The van der Waals surface area contributed by atoms with Crippen LogP contribution in [-0.2, 0) is 6.54 Å². The van der Waals surface area contributed by atoms with Crippen molar-refractivity contribution in [1.29, 1.82) is 0 Å². The van der Waals surface area contributed by atoms with Crippen molar-refractivity contribution < 1.29 is 9.90 Å². The summed E-state index contributed by atoms with van der Waals surface area (Å²) in [5.41, 5.74) is 8.61. The average molecular weight is 272 g/mol. The third kappa shape index (κ3) is 3.20. The number of benzene rings is 1. The fourth-order valence-corrected chi connectivity index (χ4v) is 2.24. The van der Waals surface area contributed by atoms with Gasteiger partial charge in [-0.2, -0.15) is 0 Å². The minimum absolute atomic E-state index is 0.341. The van der Waals surface area contributed by atoms with E-state index >= 15 is 0 Å². The lowest BCUT2D eigenvalue weighted by atomic mass is 10.1. The molecular formula is C16H20N2O2. The lowest BCUT2D eigenvalue weighted by molar-refractivity contribution is 0.0685. The van der Waals surface area contributed by atoms with E-state index in [2.05, 4.69) is 6.92 Å². The zero-order valence-corrected chi connectivity index (χ0v) is 11.7. The first-order chi connectivity index (χ1) is 9.61. The fraction of sp³-hybridized carbons (Fsp3) is 0.312. The number of aromatic nitrogens is 1. The summed E-state index contributed by atoms with van der Waals surface area (Å²) in [6.45, 7) is 2.87. The van der Waals surface area contributed by atoms with Crippen LogP contribution in [0.3, 0.4) is 0 Å². The molecule has 20 heavy (non-hydrogen) atoms. The summed E-state index contributed by atoms with van der Waals surface area (Å²) in [5.74, 6) is -0.886. The van der Waals surface area contributed by atoms with Crippen LogP contribution in [0.2, 0.25) is 0 Å². The number of aromatic carboxylic acids is 1. The lowest BCUT2D eigenvalue weighted by Gasteiger charge is -2.04. The second-order valence-electron chi connectivity index (χ2n) is 4.94. The molecule has 1 aromatic heterocycles. The molecule has 106 valence electrons. The van der Waals surface area contributed by atoms with Gasteiger partial charge < -0.3 is 15.4 Å². The number of nitrogen functional groups attached to an aromatic ring is 1. The van der Waals surface area contributed by atoms with Crippen LogP contribution >= 0.6 is 0 Å². The van der Waals surface area contributed by atoms with Gasteiger partial charge in [-0.25, -0.2) is 4.79 Å². The second-order valence-corrected chi connectivity index (χ2v) is 4.94. The Morgan fingerprint density at radius 3 is 2.50 bits per heavy atom. The Morgan fingerprint density at radius 1 is 1.20 bits per heavy atom. The van der Waals surface area contributed by atoms with Gasteiger partial charge in [0.1, 0.15) is 5.69 Å². The van der Waals surface area contributed by atoms with Gasteiger partial charge in [-0.15, -0.1) is 0 Å². The van der Waals surface area contributed by atoms with E-state index in [-0.39, 0.29) is 0 Å². The van der Waals surface area contributed by atoms with Crippen molar-refractivity contribution >= 4 is 11.7 Å². The van der Waals surface area contributed by atoms with Gasteiger partial charge in [0.05, 0.1) is 0 Å². The molecule has 0 aliphatic heterocycles. The standard InChI is InChI=1S/C16H20N2O2/c1-2-3-4-9-18-11-13(10-15(18)16(19)20)12-5-7-14(17)8-6-12/h5-8,10-11H,2-4,9,17H2,1H3,(H,19,20). The number of carboxylic acid groups (broad SMARTS) is 1. The topological polar surface area (TPSA) is 68.2 Å². The maximum Gasteiger partial charge on any atom is 0.352 e. The number of unbranched alkanes of at least 4 members (excludes halogenated alkanes) is 2. The maximum atomic E-state index is 11.3. The van der Waals surface area contributed by atoms with Crippen LogP contribution in [0, 0.1) is 0 Å². The molecule has 4 nitrogen and oxygen atoms in total. The highest BCUT2D eigenvalue weighted by atomic mass is 16.4. The summed E-state index contributed by atoms with van der Waals surface area (Å²) >= 11 is 0.